The van der Waals surface area contributed by atoms with Crippen LogP contribution in [0.3, 0.4) is 0 Å². The minimum atomic E-state index is -3.78. The Balaban J connectivity index is 0.00000280. The summed E-state index contributed by atoms with van der Waals surface area (Å²) in [6, 6.07) is 13.4. The number of hydrogen-bond acceptors (Lipinski definition) is 4. The van der Waals surface area contributed by atoms with Crippen molar-refractivity contribution in [2.45, 2.75) is 31.2 Å². The molecule has 8 heteroatoms. The lowest BCUT2D eigenvalue weighted by Crippen LogP contribution is -2.35. The van der Waals surface area contributed by atoms with Gasteiger partial charge >= 0.3 is 0 Å². The van der Waals surface area contributed by atoms with Crippen LogP contribution in [0.25, 0.3) is 0 Å². The van der Waals surface area contributed by atoms with Crippen molar-refractivity contribution < 1.29 is 13.2 Å². The molecule has 1 amide bonds. The molecule has 2 aromatic carbocycles. The Bertz CT molecular complexity index is 932. The number of nitrogens with zero attached hydrogens (tertiary/aromatic N) is 1. The van der Waals surface area contributed by atoms with E-state index in [9.17, 15) is 13.2 Å². The number of nitrogens with two attached hydrogens (primary N) is 1. The highest BCUT2D eigenvalue weighted by atomic mass is 35.5. The molecule has 0 spiro atoms. The Labute approximate surface area is 172 Å². The highest BCUT2D eigenvalue weighted by molar-refractivity contribution is 7.92. The molecule has 3 N–H and O–H groups in total. The van der Waals surface area contributed by atoms with Crippen LogP contribution in [0, 0.1) is 12.8 Å². The average molecular weight is 424 g/mol. The fourth-order valence-electron chi connectivity index (χ4n) is 3.43. The molecular weight excluding hydrogens is 398 g/mol. The Hall–Kier alpha value is -2.09. The van der Waals surface area contributed by atoms with E-state index in [1.165, 1.54) is 0 Å². The van der Waals surface area contributed by atoms with Crippen LogP contribution < -0.4 is 10.5 Å². The molecule has 0 aliphatic carbocycles. The fourth-order valence-corrected chi connectivity index (χ4v) is 4.51. The van der Waals surface area contributed by atoms with Crippen molar-refractivity contribution in [3.63, 3.8) is 0 Å². The summed E-state index contributed by atoms with van der Waals surface area (Å²) in [6.45, 7) is 5.02. The van der Waals surface area contributed by atoms with Crippen LogP contribution in [-0.2, 0) is 10.0 Å². The second kappa shape index (κ2) is 8.94. The number of anilines is 1. The van der Waals surface area contributed by atoms with E-state index in [0.29, 0.717) is 18.7 Å². The topological polar surface area (TPSA) is 92.5 Å². The molecule has 0 aromatic heterocycles. The molecule has 28 heavy (non-hydrogen) atoms. The molecule has 2 unspecified atom stereocenters. The molecule has 0 saturated carbocycles. The highest BCUT2D eigenvalue weighted by Crippen LogP contribution is 2.27. The summed E-state index contributed by atoms with van der Waals surface area (Å²) in [7, 11) is -3.78. The zero-order valence-electron chi connectivity index (χ0n) is 16.0. The smallest absolute Gasteiger partial charge is 0.261 e. The molecule has 152 valence electrons. The van der Waals surface area contributed by atoms with E-state index in [1.807, 2.05) is 13.8 Å². The van der Waals surface area contributed by atoms with Crippen LogP contribution in [0.1, 0.15) is 29.3 Å². The van der Waals surface area contributed by atoms with Crippen LogP contribution in [0.4, 0.5) is 5.69 Å². The summed E-state index contributed by atoms with van der Waals surface area (Å²) in [5.41, 5.74) is 7.36. The van der Waals surface area contributed by atoms with Gasteiger partial charge in [0.1, 0.15) is 0 Å². The van der Waals surface area contributed by atoms with Gasteiger partial charge in [0.15, 0.2) is 0 Å². The summed E-state index contributed by atoms with van der Waals surface area (Å²) in [6.07, 6.45) is 0.861. The number of benzene rings is 2. The number of sulfonamides is 1. The third-order valence-electron chi connectivity index (χ3n) is 4.99. The van der Waals surface area contributed by atoms with E-state index in [4.69, 9.17) is 5.73 Å². The molecule has 2 aromatic rings. The Morgan fingerprint density at radius 2 is 1.82 bits per heavy atom. The third kappa shape index (κ3) is 4.66. The molecule has 2 atom stereocenters. The summed E-state index contributed by atoms with van der Waals surface area (Å²) in [5, 5.41) is 0. The van der Waals surface area contributed by atoms with Gasteiger partial charge in [-0.15, -0.1) is 12.4 Å². The number of halogens is 1. The molecular formula is C20H26ClN3O3S. The first kappa shape index (κ1) is 22.2. The van der Waals surface area contributed by atoms with Crippen molar-refractivity contribution in [3.05, 3.63) is 59.7 Å². The summed E-state index contributed by atoms with van der Waals surface area (Å²) >= 11 is 0. The van der Waals surface area contributed by atoms with Crippen LogP contribution in [0.15, 0.2) is 53.4 Å². The van der Waals surface area contributed by atoms with Crippen LogP contribution in [0.5, 0.6) is 0 Å². The van der Waals surface area contributed by atoms with Gasteiger partial charge in [0.25, 0.3) is 15.9 Å². The maximum absolute atomic E-state index is 13.1. The van der Waals surface area contributed by atoms with Crippen LogP contribution in [-0.4, -0.2) is 38.4 Å². The first-order valence-electron chi connectivity index (χ1n) is 9.01. The van der Waals surface area contributed by atoms with Gasteiger partial charge in [0, 0.05) is 12.6 Å². The van der Waals surface area contributed by atoms with Crippen LogP contribution >= 0.6 is 12.4 Å². The third-order valence-corrected chi connectivity index (χ3v) is 6.37. The van der Waals surface area contributed by atoms with Gasteiger partial charge in [-0.05, 0) is 57.0 Å². The van der Waals surface area contributed by atoms with Crippen molar-refractivity contribution in [1.29, 1.82) is 0 Å². The number of rotatable bonds is 5. The van der Waals surface area contributed by atoms with Gasteiger partial charge in [0.05, 0.1) is 16.1 Å². The number of carbonyl (C=O) groups is 1. The first-order valence-corrected chi connectivity index (χ1v) is 10.5. The predicted molar refractivity (Wildman–Crippen MR) is 113 cm³/mol. The maximum Gasteiger partial charge on any atom is 0.261 e. The molecule has 1 heterocycles. The fraction of sp³-hybridized carbons (Fsp3) is 0.350. The van der Waals surface area contributed by atoms with Crippen molar-refractivity contribution in [2.24, 2.45) is 11.7 Å². The lowest BCUT2D eigenvalue weighted by molar-refractivity contribution is 0.0744. The Kier molecular flexibility index (Phi) is 7.09. The number of aryl methyl sites for hydroxylation is 1. The number of likely N-dealkylation sites (tertiary alicyclic amines) is 1. The predicted octanol–water partition coefficient (Wildman–Crippen LogP) is 3.03. The van der Waals surface area contributed by atoms with E-state index < -0.39 is 10.0 Å². The van der Waals surface area contributed by atoms with Crippen LogP contribution in [0.2, 0.25) is 0 Å². The summed E-state index contributed by atoms with van der Waals surface area (Å²) in [5.74, 6) is 0.0982. The molecule has 0 bridgehead atoms. The van der Waals surface area contributed by atoms with E-state index >= 15 is 0 Å². The molecule has 1 aliphatic rings. The van der Waals surface area contributed by atoms with E-state index in [2.05, 4.69) is 4.72 Å². The Morgan fingerprint density at radius 1 is 1.18 bits per heavy atom. The molecule has 0 radical (unpaired) electrons. The monoisotopic (exact) mass is 423 g/mol. The van der Waals surface area contributed by atoms with Crippen molar-refractivity contribution in [1.82, 2.24) is 4.90 Å². The number of amides is 1. The average Bonchev–Trinajstić information content (AvgIpc) is 3.02. The second-order valence-electron chi connectivity index (χ2n) is 7.11. The lowest BCUT2D eigenvalue weighted by Gasteiger charge is -2.23. The SMILES string of the molecule is Cc1ccc(S(=O)(=O)Nc2ccccc2C(=O)N2CC(CN)CC2C)cc1.Cl. The molecule has 6 nitrogen and oxygen atoms in total. The van der Waals surface area contributed by atoms with Crippen molar-refractivity contribution in [3.8, 4) is 0 Å². The van der Waals surface area contributed by atoms with Gasteiger partial charge in [-0.3, -0.25) is 9.52 Å². The Morgan fingerprint density at radius 3 is 2.43 bits per heavy atom. The molecule has 1 saturated heterocycles. The van der Waals surface area contributed by atoms with E-state index in [-0.39, 0.29) is 40.9 Å². The van der Waals surface area contributed by atoms with E-state index in [0.717, 1.165) is 12.0 Å². The number of hydrogen-bond donors (Lipinski definition) is 2. The largest absolute Gasteiger partial charge is 0.336 e. The van der Waals surface area contributed by atoms with Crippen molar-refractivity contribution >= 4 is 34.0 Å². The molecule has 3 rings (SSSR count). The maximum atomic E-state index is 13.1. The van der Waals surface area contributed by atoms with Gasteiger partial charge < -0.3 is 10.6 Å². The summed E-state index contributed by atoms with van der Waals surface area (Å²) < 4.78 is 28.0. The zero-order valence-corrected chi connectivity index (χ0v) is 17.6. The molecule has 1 aliphatic heterocycles. The van der Waals surface area contributed by atoms with Gasteiger partial charge in [-0.25, -0.2) is 8.42 Å². The molecule has 1 fully saturated rings. The van der Waals surface area contributed by atoms with Gasteiger partial charge in [-0.1, -0.05) is 29.8 Å². The zero-order chi connectivity index (χ0) is 19.6. The normalized spacial score (nSPS) is 19.2. The second-order valence-corrected chi connectivity index (χ2v) is 8.79. The van der Waals surface area contributed by atoms with Crippen molar-refractivity contribution in [2.75, 3.05) is 17.8 Å². The quantitative estimate of drug-likeness (QED) is 0.773. The number of para-hydroxylation sites is 1. The summed E-state index contributed by atoms with van der Waals surface area (Å²) in [4.78, 5) is 15.0. The van der Waals surface area contributed by atoms with Gasteiger partial charge in [-0.2, -0.15) is 0 Å². The number of carbonyl (C=O) groups excluding carboxylic acids is 1. The number of nitrogens with one attached hydrogen (secondary N) is 1. The minimum absolute atomic E-state index is 0. The highest BCUT2D eigenvalue weighted by Gasteiger charge is 2.33. The first-order chi connectivity index (χ1) is 12.8. The lowest BCUT2D eigenvalue weighted by atomic mass is 10.1. The van der Waals surface area contributed by atoms with E-state index in [1.54, 1.807) is 53.4 Å². The standard InChI is InChI=1S/C20H25N3O3S.ClH/c1-14-7-9-17(10-8-14)27(25,26)22-19-6-4-3-5-18(19)20(24)23-13-16(12-21)11-15(23)2;/h3-10,15-16,22H,11-13,21H2,1-2H3;1H. The van der Waals surface area contributed by atoms with Gasteiger partial charge in [0.2, 0.25) is 0 Å². The minimum Gasteiger partial charge on any atom is -0.336 e.